The van der Waals surface area contributed by atoms with Crippen LogP contribution >= 0.6 is 11.6 Å². The number of nitrogens with zero attached hydrogens (tertiary/aromatic N) is 2. The van der Waals surface area contributed by atoms with Crippen molar-refractivity contribution in [3.05, 3.63) is 53.2 Å². The summed E-state index contributed by atoms with van der Waals surface area (Å²) >= 11 is 5.97. The first-order chi connectivity index (χ1) is 11.0. The highest BCUT2D eigenvalue weighted by molar-refractivity contribution is 6.31. The minimum absolute atomic E-state index is 0.0786. The Balaban J connectivity index is 1.72. The molecule has 0 unspecified atom stereocenters. The third-order valence-corrected chi connectivity index (χ3v) is 4.10. The van der Waals surface area contributed by atoms with E-state index in [9.17, 15) is 9.59 Å². The number of carbonyl (C=O) groups excluding carboxylic acids is 2. The second kappa shape index (κ2) is 6.38. The number of hydrogen-bond acceptors (Lipinski definition) is 3. The zero-order valence-corrected chi connectivity index (χ0v) is 13.4. The van der Waals surface area contributed by atoms with E-state index in [-0.39, 0.29) is 18.2 Å². The first-order valence-corrected chi connectivity index (χ1v) is 7.71. The molecule has 23 heavy (non-hydrogen) atoms. The van der Waals surface area contributed by atoms with Gasteiger partial charge in [-0.1, -0.05) is 23.7 Å². The summed E-state index contributed by atoms with van der Waals surface area (Å²) in [6, 6.07) is 10.8. The van der Waals surface area contributed by atoms with E-state index in [0.29, 0.717) is 23.1 Å². The monoisotopic (exact) mass is 329 g/mol. The SMILES string of the molecule is Cc1cccnc1NC(=O)[C@@H]1CC(=O)N(c2cccc(Cl)c2)C1. The lowest BCUT2D eigenvalue weighted by Gasteiger charge is -2.17. The number of amides is 2. The predicted octanol–water partition coefficient (Wildman–Crippen LogP) is 3.04. The molecule has 3 rings (SSSR count). The van der Waals surface area contributed by atoms with Crippen molar-refractivity contribution in [2.24, 2.45) is 5.92 Å². The van der Waals surface area contributed by atoms with Gasteiger partial charge in [0.2, 0.25) is 11.8 Å². The van der Waals surface area contributed by atoms with Crippen LogP contribution in [0.1, 0.15) is 12.0 Å². The van der Waals surface area contributed by atoms with Crippen molar-refractivity contribution in [1.29, 1.82) is 0 Å². The first kappa shape index (κ1) is 15.5. The van der Waals surface area contributed by atoms with Gasteiger partial charge in [-0.25, -0.2) is 4.98 Å². The molecule has 0 aliphatic carbocycles. The van der Waals surface area contributed by atoms with Gasteiger partial charge in [0, 0.05) is 29.9 Å². The van der Waals surface area contributed by atoms with Crippen molar-refractivity contribution in [3.8, 4) is 0 Å². The fourth-order valence-corrected chi connectivity index (χ4v) is 2.80. The minimum atomic E-state index is -0.400. The van der Waals surface area contributed by atoms with E-state index in [0.717, 1.165) is 5.56 Å². The number of pyridine rings is 1. The maximum atomic E-state index is 12.4. The van der Waals surface area contributed by atoms with Crippen LogP contribution in [0, 0.1) is 12.8 Å². The predicted molar refractivity (Wildman–Crippen MR) is 89.5 cm³/mol. The van der Waals surface area contributed by atoms with Crippen molar-refractivity contribution in [1.82, 2.24) is 4.98 Å². The number of nitrogens with one attached hydrogen (secondary N) is 1. The van der Waals surface area contributed by atoms with Crippen molar-refractivity contribution in [2.75, 3.05) is 16.8 Å². The summed E-state index contributed by atoms with van der Waals surface area (Å²) in [7, 11) is 0. The van der Waals surface area contributed by atoms with Gasteiger partial charge < -0.3 is 10.2 Å². The number of rotatable bonds is 3. The first-order valence-electron chi connectivity index (χ1n) is 7.33. The maximum absolute atomic E-state index is 12.4. The molecule has 5 nitrogen and oxygen atoms in total. The molecule has 118 valence electrons. The molecule has 2 amide bonds. The molecule has 1 aliphatic rings. The van der Waals surface area contributed by atoms with Crippen molar-refractivity contribution < 1.29 is 9.59 Å². The van der Waals surface area contributed by atoms with E-state index < -0.39 is 5.92 Å². The topological polar surface area (TPSA) is 62.3 Å². The van der Waals surface area contributed by atoms with Crippen LogP contribution in [-0.4, -0.2) is 23.3 Å². The number of halogens is 1. The minimum Gasteiger partial charge on any atom is -0.312 e. The smallest absolute Gasteiger partial charge is 0.230 e. The second-order valence-electron chi connectivity index (χ2n) is 5.54. The van der Waals surface area contributed by atoms with Crippen LogP contribution in [0.2, 0.25) is 5.02 Å². The van der Waals surface area contributed by atoms with Crippen LogP contribution in [0.5, 0.6) is 0 Å². The molecule has 6 heteroatoms. The van der Waals surface area contributed by atoms with Crippen LogP contribution in [0.25, 0.3) is 0 Å². The van der Waals surface area contributed by atoms with E-state index in [1.165, 1.54) is 0 Å². The number of benzene rings is 1. The molecule has 0 radical (unpaired) electrons. The lowest BCUT2D eigenvalue weighted by Crippen LogP contribution is -2.28. The lowest BCUT2D eigenvalue weighted by atomic mass is 10.1. The Bertz CT molecular complexity index is 763. The van der Waals surface area contributed by atoms with Crippen molar-refractivity contribution in [3.63, 3.8) is 0 Å². The third kappa shape index (κ3) is 3.35. The molecule has 1 fully saturated rings. The van der Waals surface area contributed by atoms with Crippen LogP contribution in [0.15, 0.2) is 42.6 Å². The Morgan fingerprint density at radius 2 is 2.17 bits per heavy atom. The Morgan fingerprint density at radius 1 is 1.35 bits per heavy atom. The molecular weight excluding hydrogens is 314 g/mol. The van der Waals surface area contributed by atoms with Crippen molar-refractivity contribution in [2.45, 2.75) is 13.3 Å². The fraction of sp³-hybridized carbons (Fsp3) is 0.235. The number of aromatic nitrogens is 1. The second-order valence-corrected chi connectivity index (χ2v) is 5.98. The fourth-order valence-electron chi connectivity index (χ4n) is 2.61. The Kier molecular flexibility index (Phi) is 4.30. The van der Waals surface area contributed by atoms with Gasteiger partial charge in [0.1, 0.15) is 5.82 Å². The lowest BCUT2D eigenvalue weighted by molar-refractivity contribution is -0.122. The summed E-state index contributed by atoms with van der Waals surface area (Å²) in [5, 5.41) is 3.36. The quantitative estimate of drug-likeness (QED) is 0.941. The van der Waals surface area contributed by atoms with Gasteiger partial charge in [-0.15, -0.1) is 0 Å². The number of aryl methyl sites for hydroxylation is 1. The summed E-state index contributed by atoms with van der Waals surface area (Å²) in [4.78, 5) is 30.4. The van der Waals surface area contributed by atoms with Gasteiger partial charge in [0.25, 0.3) is 0 Å². The molecule has 1 atom stereocenters. The molecule has 0 saturated carbocycles. The highest BCUT2D eigenvalue weighted by Gasteiger charge is 2.35. The zero-order chi connectivity index (χ0) is 16.4. The van der Waals surface area contributed by atoms with E-state index in [4.69, 9.17) is 11.6 Å². The molecular formula is C17H16ClN3O2. The highest BCUT2D eigenvalue weighted by Crippen LogP contribution is 2.27. The van der Waals surface area contributed by atoms with Crippen LogP contribution in [-0.2, 0) is 9.59 Å². The Labute approximate surface area is 139 Å². The van der Waals surface area contributed by atoms with Gasteiger partial charge in [-0.05, 0) is 36.8 Å². The van der Waals surface area contributed by atoms with E-state index >= 15 is 0 Å². The van der Waals surface area contributed by atoms with Gasteiger partial charge in [-0.2, -0.15) is 0 Å². The average Bonchev–Trinajstić information content (AvgIpc) is 2.92. The summed E-state index contributed by atoms with van der Waals surface area (Å²) in [6.45, 7) is 2.22. The maximum Gasteiger partial charge on any atom is 0.230 e. The summed E-state index contributed by atoms with van der Waals surface area (Å²) < 4.78 is 0. The van der Waals surface area contributed by atoms with Crippen LogP contribution < -0.4 is 10.2 Å². The molecule has 1 aliphatic heterocycles. The normalized spacial score (nSPS) is 17.4. The largest absolute Gasteiger partial charge is 0.312 e. The molecule has 0 spiro atoms. The Hall–Kier alpha value is -2.40. The third-order valence-electron chi connectivity index (χ3n) is 3.87. The number of anilines is 2. The van der Waals surface area contributed by atoms with Crippen LogP contribution in [0.3, 0.4) is 0 Å². The number of hydrogen-bond donors (Lipinski definition) is 1. The average molecular weight is 330 g/mol. The van der Waals surface area contributed by atoms with E-state index in [1.54, 1.807) is 29.3 Å². The molecule has 1 N–H and O–H groups in total. The van der Waals surface area contributed by atoms with Crippen LogP contribution in [0.4, 0.5) is 11.5 Å². The van der Waals surface area contributed by atoms with Crippen molar-refractivity contribution >= 4 is 34.9 Å². The Morgan fingerprint density at radius 3 is 2.91 bits per heavy atom. The van der Waals surface area contributed by atoms with E-state index in [1.807, 2.05) is 25.1 Å². The van der Waals surface area contributed by atoms with Gasteiger partial charge in [0.15, 0.2) is 0 Å². The summed E-state index contributed by atoms with van der Waals surface area (Å²) in [5.74, 6) is -0.135. The molecule has 2 heterocycles. The number of carbonyl (C=O) groups is 2. The van der Waals surface area contributed by atoms with Gasteiger partial charge >= 0.3 is 0 Å². The summed E-state index contributed by atoms with van der Waals surface area (Å²) in [6.07, 6.45) is 1.81. The highest BCUT2D eigenvalue weighted by atomic mass is 35.5. The summed E-state index contributed by atoms with van der Waals surface area (Å²) in [5.41, 5.74) is 1.60. The molecule has 1 aromatic heterocycles. The van der Waals surface area contributed by atoms with E-state index in [2.05, 4.69) is 10.3 Å². The molecule has 1 aromatic carbocycles. The standard InChI is InChI=1S/C17H16ClN3O2/c1-11-4-3-7-19-16(11)20-17(23)12-8-15(22)21(10-12)14-6-2-5-13(18)9-14/h2-7,9,12H,8,10H2,1H3,(H,19,20,23)/t12-/m1/s1. The zero-order valence-electron chi connectivity index (χ0n) is 12.6. The van der Waals surface area contributed by atoms with Gasteiger partial charge in [-0.3, -0.25) is 9.59 Å². The van der Waals surface area contributed by atoms with Gasteiger partial charge in [0.05, 0.1) is 5.92 Å². The molecule has 2 aromatic rings. The molecule has 0 bridgehead atoms. The molecule has 1 saturated heterocycles.